The van der Waals surface area contributed by atoms with Gasteiger partial charge < -0.3 is 9.84 Å². The Bertz CT molecular complexity index is 334. The van der Waals surface area contributed by atoms with Gasteiger partial charge in [-0.1, -0.05) is 18.1 Å². The van der Waals surface area contributed by atoms with Crippen LogP contribution in [-0.4, -0.2) is 39.9 Å². The van der Waals surface area contributed by atoms with E-state index in [9.17, 15) is 5.11 Å². The molecule has 1 aliphatic carbocycles. The Morgan fingerprint density at radius 1 is 1.53 bits per heavy atom. The number of hydrogen-bond acceptors (Lipinski definition) is 4. The monoisotopic (exact) mass is 239 g/mol. The van der Waals surface area contributed by atoms with Crippen molar-refractivity contribution in [2.45, 2.75) is 44.8 Å². The molecule has 1 unspecified atom stereocenters. The van der Waals surface area contributed by atoms with Gasteiger partial charge in [0, 0.05) is 26.3 Å². The molecule has 0 aliphatic heterocycles. The van der Waals surface area contributed by atoms with E-state index in [1.807, 2.05) is 10.9 Å². The van der Waals surface area contributed by atoms with Crippen molar-refractivity contribution in [3.05, 3.63) is 11.9 Å². The molecule has 5 nitrogen and oxygen atoms in total. The minimum atomic E-state index is -0.489. The highest BCUT2D eigenvalue weighted by Gasteiger charge is 2.16. The molecule has 17 heavy (non-hydrogen) atoms. The van der Waals surface area contributed by atoms with Crippen LogP contribution in [0.15, 0.2) is 6.20 Å². The van der Waals surface area contributed by atoms with Gasteiger partial charge in [-0.25, -0.2) is 0 Å². The number of aliphatic hydroxyl groups is 1. The first-order chi connectivity index (χ1) is 8.28. The van der Waals surface area contributed by atoms with E-state index in [4.69, 9.17) is 4.74 Å². The quantitative estimate of drug-likeness (QED) is 0.805. The van der Waals surface area contributed by atoms with Gasteiger partial charge in [-0.2, -0.15) is 0 Å². The summed E-state index contributed by atoms with van der Waals surface area (Å²) < 4.78 is 6.79. The third-order valence-corrected chi connectivity index (χ3v) is 3.31. The predicted octanol–water partition coefficient (Wildman–Crippen LogP) is 1.02. The summed E-state index contributed by atoms with van der Waals surface area (Å²) in [6, 6.07) is 0. The highest BCUT2D eigenvalue weighted by Crippen LogP contribution is 2.25. The van der Waals surface area contributed by atoms with Crippen molar-refractivity contribution in [2.24, 2.45) is 5.92 Å². The maximum atomic E-state index is 9.59. The molecular weight excluding hydrogens is 218 g/mol. The Labute approximate surface area is 102 Å². The van der Waals surface area contributed by atoms with E-state index < -0.39 is 6.10 Å². The summed E-state index contributed by atoms with van der Waals surface area (Å²) in [6.45, 7) is 1.31. The van der Waals surface area contributed by atoms with E-state index in [0.29, 0.717) is 13.0 Å². The van der Waals surface area contributed by atoms with Crippen LogP contribution in [0.5, 0.6) is 0 Å². The molecule has 1 aliphatic rings. The normalized spacial score (nSPS) is 18.7. The number of methoxy groups -OCH3 is 1. The maximum absolute atomic E-state index is 9.59. The molecule has 1 saturated carbocycles. The van der Waals surface area contributed by atoms with Gasteiger partial charge in [0.1, 0.15) is 0 Å². The molecule has 0 radical (unpaired) electrons. The predicted molar refractivity (Wildman–Crippen MR) is 63.6 cm³/mol. The molecule has 0 amide bonds. The van der Waals surface area contributed by atoms with Gasteiger partial charge in [0.15, 0.2) is 0 Å². The van der Waals surface area contributed by atoms with Gasteiger partial charge in [0.05, 0.1) is 18.4 Å². The van der Waals surface area contributed by atoms with E-state index in [1.165, 1.54) is 25.7 Å². The van der Waals surface area contributed by atoms with Crippen LogP contribution >= 0.6 is 0 Å². The Hall–Kier alpha value is -0.940. The zero-order valence-corrected chi connectivity index (χ0v) is 10.4. The molecule has 96 valence electrons. The second-order valence-electron chi connectivity index (χ2n) is 4.90. The highest BCUT2D eigenvalue weighted by atomic mass is 16.5. The zero-order chi connectivity index (χ0) is 12.1. The van der Waals surface area contributed by atoms with E-state index in [-0.39, 0.29) is 0 Å². The van der Waals surface area contributed by atoms with Crippen LogP contribution in [0.1, 0.15) is 31.4 Å². The summed E-state index contributed by atoms with van der Waals surface area (Å²) in [5, 5.41) is 17.8. The lowest BCUT2D eigenvalue weighted by molar-refractivity contribution is 0.0644. The van der Waals surface area contributed by atoms with Crippen LogP contribution in [-0.2, 0) is 17.7 Å². The summed E-state index contributed by atoms with van der Waals surface area (Å²) in [6.07, 6.45) is 7.27. The molecule has 1 heterocycles. The van der Waals surface area contributed by atoms with Crippen molar-refractivity contribution in [3.63, 3.8) is 0 Å². The van der Waals surface area contributed by atoms with Crippen molar-refractivity contribution in [1.29, 1.82) is 0 Å². The molecule has 1 N–H and O–H groups in total. The topological polar surface area (TPSA) is 60.2 Å². The van der Waals surface area contributed by atoms with Gasteiger partial charge >= 0.3 is 0 Å². The van der Waals surface area contributed by atoms with E-state index in [1.54, 1.807) is 7.11 Å². The Morgan fingerprint density at radius 2 is 2.29 bits per heavy atom. The Balaban J connectivity index is 1.82. The first kappa shape index (κ1) is 12.5. The van der Waals surface area contributed by atoms with Crippen LogP contribution in [0.3, 0.4) is 0 Å². The van der Waals surface area contributed by atoms with Crippen LogP contribution < -0.4 is 0 Å². The van der Waals surface area contributed by atoms with Crippen LogP contribution in [0.4, 0.5) is 0 Å². The molecule has 0 aromatic carbocycles. The summed E-state index contributed by atoms with van der Waals surface area (Å²) in [5.41, 5.74) is 0.840. The standard InChI is InChI=1S/C12H21N3O2/c1-17-9-12(16)6-11-8-15(14-13-11)7-10-4-2-3-5-10/h8,10,12,16H,2-7,9H2,1H3. The molecule has 5 heteroatoms. The molecule has 0 saturated heterocycles. The van der Waals surface area contributed by atoms with Gasteiger partial charge in [0.2, 0.25) is 0 Å². The van der Waals surface area contributed by atoms with E-state index in [2.05, 4.69) is 10.3 Å². The van der Waals surface area contributed by atoms with E-state index in [0.717, 1.165) is 18.2 Å². The number of hydrogen-bond donors (Lipinski definition) is 1. The summed E-state index contributed by atoms with van der Waals surface area (Å²) >= 11 is 0. The second kappa shape index (κ2) is 6.12. The van der Waals surface area contributed by atoms with E-state index >= 15 is 0 Å². The van der Waals surface area contributed by atoms with Crippen molar-refractivity contribution >= 4 is 0 Å². The lowest BCUT2D eigenvalue weighted by Gasteiger charge is -2.07. The number of aliphatic hydroxyl groups excluding tert-OH is 1. The fourth-order valence-corrected chi connectivity index (χ4v) is 2.47. The molecule has 1 atom stereocenters. The molecule has 1 aromatic heterocycles. The number of nitrogens with zero attached hydrogens (tertiary/aromatic N) is 3. The molecule has 1 fully saturated rings. The van der Waals surface area contributed by atoms with Crippen molar-refractivity contribution in [3.8, 4) is 0 Å². The van der Waals surface area contributed by atoms with Crippen molar-refractivity contribution in [1.82, 2.24) is 15.0 Å². The minimum absolute atomic E-state index is 0.343. The lowest BCUT2D eigenvalue weighted by Crippen LogP contribution is -2.17. The third kappa shape index (κ3) is 3.78. The summed E-state index contributed by atoms with van der Waals surface area (Å²) in [4.78, 5) is 0. The van der Waals surface area contributed by atoms with Crippen LogP contribution in [0, 0.1) is 5.92 Å². The summed E-state index contributed by atoms with van der Waals surface area (Å²) in [5.74, 6) is 0.758. The summed E-state index contributed by atoms with van der Waals surface area (Å²) in [7, 11) is 1.58. The first-order valence-corrected chi connectivity index (χ1v) is 6.34. The van der Waals surface area contributed by atoms with Crippen molar-refractivity contribution in [2.75, 3.05) is 13.7 Å². The van der Waals surface area contributed by atoms with Crippen molar-refractivity contribution < 1.29 is 9.84 Å². The molecule has 1 aromatic rings. The Morgan fingerprint density at radius 3 is 3.00 bits per heavy atom. The molecular formula is C12H21N3O2. The number of rotatable bonds is 6. The smallest absolute Gasteiger partial charge is 0.0853 e. The van der Waals surface area contributed by atoms with Crippen LogP contribution in [0.2, 0.25) is 0 Å². The minimum Gasteiger partial charge on any atom is -0.390 e. The van der Waals surface area contributed by atoms with Gasteiger partial charge in [-0.3, -0.25) is 4.68 Å². The first-order valence-electron chi connectivity index (χ1n) is 6.34. The zero-order valence-electron chi connectivity index (χ0n) is 10.4. The maximum Gasteiger partial charge on any atom is 0.0853 e. The Kier molecular flexibility index (Phi) is 4.50. The lowest BCUT2D eigenvalue weighted by atomic mass is 10.1. The van der Waals surface area contributed by atoms with Gasteiger partial charge in [-0.15, -0.1) is 5.10 Å². The average Bonchev–Trinajstić information content (AvgIpc) is 2.91. The van der Waals surface area contributed by atoms with Gasteiger partial charge in [0.25, 0.3) is 0 Å². The fraction of sp³-hybridized carbons (Fsp3) is 0.833. The molecule has 2 rings (SSSR count). The molecule has 0 spiro atoms. The fourth-order valence-electron chi connectivity index (χ4n) is 2.47. The highest BCUT2D eigenvalue weighted by molar-refractivity contribution is 4.94. The third-order valence-electron chi connectivity index (χ3n) is 3.31. The second-order valence-corrected chi connectivity index (χ2v) is 4.90. The van der Waals surface area contributed by atoms with Crippen LogP contribution in [0.25, 0.3) is 0 Å². The largest absolute Gasteiger partial charge is 0.390 e. The van der Waals surface area contributed by atoms with Gasteiger partial charge in [-0.05, 0) is 18.8 Å². The SMILES string of the molecule is COCC(O)Cc1cn(CC2CCCC2)nn1. The number of ether oxygens (including phenoxy) is 1. The molecule has 0 bridgehead atoms. The number of aromatic nitrogens is 3. The average molecular weight is 239 g/mol.